The second-order valence-corrected chi connectivity index (χ2v) is 26.3. The first kappa shape index (κ1) is 46.7. The van der Waals surface area contributed by atoms with Gasteiger partial charge in [0.15, 0.2) is 0 Å². The number of anilines is 2. The van der Waals surface area contributed by atoms with Gasteiger partial charge in [0.2, 0.25) is 0 Å². The van der Waals surface area contributed by atoms with Gasteiger partial charge in [-0.15, -0.1) is 0 Å². The molecule has 0 N–H and O–H groups in total. The number of hydrogen-bond acceptors (Lipinski definition) is 3. The summed E-state index contributed by atoms with van der Waals surface area (Å²) in [5, 5.41) is 0. The van der Waals surface area contributed by atoms with Crippen molar-refractivity contribution >= 4 is 28.7 Å². The van der Waals surface area contributed by atoms with Crippen molar-refractivity contribution in [3.05, 3.63) is 279 Å². The quantitative estimate of drug-likeness (QED) is 0.175. The standard InChI is InChI=1S/C74H63NOS/c1-44-38-54-50-21-10-12-22-55(50)72(8,9)60(54)43-65(44)75(47-32-36-53-49-20-11-13-23-56(49)73(63(53)41-47)58-25-15-18-28-68(58)77-69-29-19-16-26-59(69)73)48-33-37-67-64(42-48)74(57-24-14-17-27-66(57)76-67)61-39-45(70(2,3)4)30-34-51(61)52-35-31-46(40-62(52)74)71(5,6)7/h10-44,65H,1-9H3. The topological polar surface area (TPSA) is 12.5 Å². The first-order chi connectivity index (χ1) is 37.1. The number of hydrogen-bond donors (Lipinski definition) is 0. The summed E-state index contributed by atoms with van der Waals surface area (Å²) >= 11 is 1.90. The molecule has 2 spiro atoms. The van der Waals surface area contributed by atoms with Crippen molar-refractivity contribution in [2.75, 3.05) is 4.90 Å². The zero-order valence-electron chi connectivity index (χ0n) is 45.5. The fraction of sp³-hybridized carbons (Fsp3) is 0.216. The number of benzene rings is 9. The zero-order chi connectivity index (χ0) is 52.5. The first-order valence-electron chi connectivity index (χ1n) is 27.8. The van der Waals surface area contributed by atoms with E-state index in [4.69, 9.17) is 4.74 Å². The summed E-state index contributed by atoms with van der Waals surface area (Å²) in [6.45, 7) is 21.3. The van der Waals surface area contributed by atoms with Gasteiger partial charge in [-0.1, -0.05) is 232 Å². The van der Waals surface area contributed by atoms with E-state index in [1.54, 1.807) is 0 Å². The molecular weight excluding hydrogens is 951 g/mol. The lowest BCUT2D eigenvalue weighted by molar-refractivity contribution is 0.436. The molecule has 0 fully saturated rings. The summed E-state index contributed by atoms with van der Waals surface area (Å²) in [7, 11) is 0. The van der Waals surface area contributed by atoms with Gasteiger partial charge in [-0.05, 0) is 154 Å². The third-order valence-corrected chi connectivity index (χ3v) is 19.7. The monoisotopic (exact) mass is 1010 g/mol. The average molecular weight is 1010 g/mol. The Labute approximate surface area is 459 Å². The molecule has 2 unspecified atom stereocenters. The molecule has 0 saturated carbocycles. The van der Waals surface area contributed by atoms with Gasteiger partial charge in [0.05, 0.1) is 16.9 Å². The van der Waals surface area contributed by atoms with Crippen LogP contribution in [0, 0.1) is 5.92 Å². The van der Waals surface area contributed by atoms with Crippen molar-refractivity contribution in [3.63, 3.8) is 0 Å². The lowest BCUT2D eigenvalue weighted by Crippen LogP contribution is -2.38. The van der Waals surface area contributed by atoms with Crippen LogP contribution in [-0.4, -0.2) is 6.04 Å². The Bertz CT molecular complexity index is 3980. The van der Waals surface area contributed by atoms with Crippen LogP contribution in [-0.2, 0) is 27.1 Å². The Morgan fingerprint density at radius 3 is 1.49 bits per heavy atom. The average Bonchev–Trinajstić information content (AvgIpc) is 4.16. The molecular formula is C74H63NOS. The van der Waals surface area contributed by atoms with Gasteiger partial charge in [-0.2, -0.15) is 0 Å². The summed E-state index contributed by atoms with van der Waals surface area (Å²) in [5.41, 5.74) is 24.6. The summed E-state index contributed by atoms with van der Waals surface area (Å²) in [6.07, 6.45) is 5.23. The Kier molecular flexibility index (Phi) is 9.70. The fourth-order valence-electron chi connectivity index (χ4n) is 14.9. The van der Waals surface area contributed by atoms with E-state index in [0.717, 1.165) is 17.2 Å². The highest BCUT2D eigenvalue weighted by atomic mass is 32.2. The van der Waals surface area contributed by atoms with Crippen LogP contribution >= 0.6 is 11.8 Å². The van der Waals surface area contributed by atoms with Gasteiger partial charge in [-0.25, -0.2) is 0 Å². The lowest BCUT2D eigenvalue weighted by atomic mass is 9.65. The third-order valence-electron chi connectivity index (χ3n) is 18.6. The van der Waals surface area contributed by atoms with Crippen molar-refractivity contribution in [2.24, 2.45) is 5.92 Å². The highest BCUT2D eigenvalue weighted by Gasteiger charge is 2.54. The van der Waals surface area contributed by atoms with E-state index in [9.17, 15) is 0 Å². The van der Waals surface area contributed by atoms with Gasteiger partial charge in [-0.3, -0.25) is 0 Å². The van der Waals surface area contributed by atoms with Gasteiger partial charge in [0, 0.05) is 37.7 Å². The van der Waals surface area contributed by atoms with Crippen LogP contribution in [0.5, 0.6) is 11.5 Å². The maximum Gasteiger partial charge on any atom is 0.132 e. The van der Waals surface area contributed by atoms with Crippen molar-refractivity contribution in [2.45, 2.75) is 105 Å². The molecule has 15 rings (SSSR count). The molecule has 9 aromatic rings. The maximum atomic E-state index is 7.21. The summed E-state index contributed by atoms with van der Waals surface area (Å²) < 4.78 is 7.21. The van der Waals surface area contributed by atoms with Crippen molar-refractivity contribution in [3.8, 4) is 33.8 Å². The van der Waals surface area contributed by atoms with E-state index in [1.807, 2.05) is 11.8 Å². The molecule has 4 aliphatic carbocycles. The first-order valence-corrected chi connectivity index (χ1v) is 28.6. The summed E-state index contributed by atoms with van der Waals surface area (Å²) in [5.74, 6) is 1.96. The fourth-order valence-corrected chi connectivity index (χ4v) is 16.1. The van der Waals surface area contributed by atoms with Crippen LogP contribution in [0.3, 0.4) is 0 Å². The molecule has 2 nitrogen and oxygen atoms in total. The number of para-hydroxylation sites is 1. The Morgan fingerprint density at radius 2 is 0.870 bits per heavy atom. The maximum absolute atomic E-state index is 7.21. The Balaban J connectivity index is 1.02. The third kappa shape index (κ3) is 6.27. The second kappa shape index (κ2) is 16.0. The van der Waals surface area contributed by atoms with E-state index in [-0.39, 0.29) is 28.2 Å². The number of fused-ring (bicyclic) bond motifs is 21. The van der Waals surface area contributed by atoms with Crippen molar-refractivity contribution < 1.29 is 4.74 Å². The van der Waals surface area contributed by atoms with E-state index in [1.165, 1.54) is 116 Å². The molecule has 0 bridgehead atoms. The lowest BCUT2D eigenvalue weighted by Gasteiger charge is -2.43. The van der Waals surface area contributed by atoms with E-state index in [2.05, 4.69) is 273 Å². The second-order valence-electron chi connectivity index (χ2n) is 25.2. The van der Waals surface area contributed by atoms with E-state index < -0.39 is 10.8 Å². The normalized spacial score (nSPS) is 18.7. The van der Waals surface area contributed by atoms with Crippen LogP contribution in [0.1, 0.15) is 129 Å². The molecule has 376 valence electrons. The minimum Gasteiger partial charge on any atom is -0.457 e. The summed E-state index contributed by atoms with van der Waals surface area (Å²) in [4.78, 5) is 5.33. The van der Waals surface area contributed by atoms with E-state index >= 15 is 0 Å². The minimum atomic E-state index is -0.672. The molecule has 77 heavy (non-hydrogen) atoms. The van der Waals surface area contributed by atoms with E-state index in [0.29, 0.717) is 0 Å². The molecule has 2 heterocycles. The molecule has 0 amide bonds. The Hall–Kier alpha value is -7.59. The molecule has 2 aliphatic heterocycles. The van der Waals surface area contributed by atoms with Gasteiger partial charge in [0.25, 0.3) is 0 Å². The van der Waals surface area contributed by atoms with Crippen molar-refractivity contribution in [1.29, 1.82) is 0 Å². The predicted octanol–water partition coefficient (Wildman–Crippen LogP) is 19.0. The number of allylic oxidation sites excluding steroid dienone is 2. The molecule has 9 aromatic carbocycles. The molecule has 0 saturated heterocycles. The molecule has 3 heteroatoms. The van der Waals surface area contributed by atoms with Crippen LogP contribution in [0.25, 0.3) is 27.8 Å². The van der Waals surface area contributed by atoms with Crippen LogP contribution in [0.4, 0.5) is 11.4 Å². The molecule has 2 atom stereocenters. The van der Waals surface area contributed by atoms with Crippen LogP contribution in [0.15, 0.2) is 222 Å². The molecule has 0 radical (unpaired) electrons. The summed E-state index contributed by atoms with van der Waals surface area (Å²) in [6, 6.07) is 74.7. The van der Waals surface area contributed by atoms with Crippen LogP contribution in [0.2, 0.25) is 0 Å². The zero-order valence-corrected chi connectivity index (χ0v) is 46.4. The highest BCUT2D eigenvalue weighted by molar-refractivity contribution is 7.99. The SMILES string of the molecule is CC1C=C2C(=CC1N(c1ccc3c(c1)C1(c4ccccc4O3)c3cc(C(C)(C)C)ccc3-c3ccc(C(C)(C)C)cc31)c1ccc3c(c1)C1(c4ccccc4Sc4ccccc41)c1ccccc1-3)C(C)(C)c1ccccc12. The van der Waals surface area contributed by atoms with Gasteiger partial charge in [0.1, 0.15) is 11.5 Å². The molecule has 0 aromatic heterocycles. The van der Waals surface area contributed by atoms with Crippen molar-refractivity contribution in [1.82, 2.24) is 0 Å². The largest absolute Gasteiger partial charge is 0.457 e. The number of ether oxygens (including phenoxy) is 1. The smallest absolute Gasteiger partial charge is 0.132 e. The predicted molar refractivity (Wildman–Crippen MR) is 320 cm³/mol. The van der Waals surface area contributed by atoms with Gasteiger partial charge < -0.3 is 9.64 Å². The number of nitrogens with zero attached hydrogens (tertiary/aromatic N) is 1. The highest BCUT2D eigenvalue weighted by Crippen LogP contribution is 2.66. The number of rotatable bonds is 3. The minimum absolute atomic E-state index is 0.0319. The van der Waals surface area contributed by atoms with Gasteiger partial charge >= 0.3 is 0 Å². The van der Waals surface area contributed by atoms with Crippen LogP contribution < -0.4 is 9.64 Å². The molecule has 6 aliphatic rings. The Morgan fingerprint density at radius 1 is 0.416 bits per heavy atom.